The Hall–Kier alpha value is -2.32. The first-order valence-electron chi connectivity index (χ1n) is 8.38. The van der Waals surface area contributed by atoms with Gasteiger partial charge in [-0.3, -0.25) is 14.2 Å². The van der Waals surface area contributed by atoms with Gasteiger partial charge < -0.3 is 4.90 Å². The Balaban J connectivity index is 2.21. The van der Waals surface area contributed by atoms with Crippen LogP contribution in [0.3, 0.4) is 0 Å². The van der Waals surface area contributed by atoms with Crippen molar-refractivity contribution in [3.05, 3.63) is 34.4 Å². The van der Waals surface area contributed by atoms with Crippen molar-refractivity contribution >= 4 is 5.91 Å². The molecule has 26 heavy (non-hydrogen) atoms. The lowest BCUT2D eigenvalue weighted by atomic mass is 10.1. The van der Waals surface area contributed by atoms with Crippen LogP contribution in [0.4, 0.5) is 13.2 Å². The summed E-state index contributed by atoms with van der Waals surface area (Å²) in [4.78, 5) is 14.2. The lowest BCUT2D eigenvalue weighted by molar-refractivity contribution is -0.142. The topological polar surface area (TPSA) is 56.0 Å². The maximum absolute atomic E-state index is 12.8. The summed E-state index contributed by atoms with van der Waals surface area (Å²) in [5.41, 5.74) is 2.06. The number of hydrogen-bond acceptors (Lipinski definition) is 3. The number of halogens is 3. The standard InChI is InChI=1S/C17H24F3N5O/c1-7-24-12(4)14(11(3)21-24)9-23(6)16(26)13(5)25-10(2)8-15(22-25)17(18,19)20/h8,13H,7,9H2,1-6H3. The quantitative estimate of drug-likeness (QED) is 0.811. The molecule has 0 bridgehead atoms. The minimum atomic E-state index is -4.53. The molecule has 1 unspecified atom stereocenters. The third-order valence-electron chi connectivity index (χ3n) is 4.54. The number of likely N-dealkylation sites (N-methyl/N-ethyl adjacent to an activating group) is 1. The lowest BCUT2D eigenvalue weighted by Gasteiger charge is -2.22. The molecule has 0 aromatic carbocycles. The fourth-order valence-corrected chi connectivity index (χ4v) is 3.03. The van der Waals surface area contributed by atoms with Crippen molar-refractivity contribution in [3.8, 4) is 0 Å². The summed E-state index contributed by atoms with van der Waals surface area (Å²) in [6.07, 6.45) is -4.53. The van der Waals surface area contributed by atoms with E-state index in [1.54, 1.807) is 14.0 Å². The van der Waals surface area contributed by atoms with Gasteiger partial charge in [-0.25, -0.2) is 0 Å². The molecule has 0 aliphatic rings. The average Bonchev–Trinajstić information content (AvgIpc) is 3.08. The second-order valence-corrected chi connectivity index (χ2v) is 6.45. The maximum atomic E-state index is 12.8. The number of carbonyl (C=O) groups is 1. The number of amides is 1. The molecule has 6 nitrogen and oxygen atoms in total. The number of nitrogens with zero attached hydrogens (tertiary/aromatic N) is 5. The van der Waals surface area contributed by atoms with E-state index >= 15 is 0 Å². The van der Waals surface area contributed by atoms with Crippen molar-refractivity contribution in [1.82, 2.24) is 24.5 Å². The number of carbonyl (C=O) groups excluding carboxylic acids is 1. The van der Waals surface area contributed by atoms with E-state index in [-0.39, 0.29) is 11.6 Å². The van der Waals surface area contributed by atoms with Crippen molar-refractivity contribution in [2.75, 3.05) is 7.05 Å². The molecule has 2 aromatic heterocycles. The second kappa shape index (κ2) is 7.13. The first-order chi connectivity index (χ1) is 12.0. The van der Waals surface area contributed by atoms with Crippen molar-refractivity contribution in [2.24, 2.45) is 0 Å². The Bertz CT molecular complexity index is 806. The molecule has 1 amide bonds. The molecular formula is C17H24F3N5O. The smallest absolute Gasteiger partial charge is 0.339 e. The molecule has 0 N–H and O–H groups in total. The molecule has 0 saturated carbocycles. The van der Waals surface area contributed by atoms with Crippen molar-refractivity contribution in [1.29, 1.82) is 0 Å². The van der Waals surface area contributed by atoms with Crippen LogP contribution in [0.1, 0.15) is 48.2 Å². The zero-order valence-electron chi connectivity index (χ0n) is 15.8. The molecule has 0 aliphatic carbocycles. The Morgan fingerprint density at radius 1 is 1.27 bits per heavy atom. The van der Waals surface area contributed by atoms with Crippen LogP contribution in [-0.4, -0.2) is 37.4 Å². The van der Waals surface area contributed by atoms with Crippen molar-refractivity contribution in [3.63, 3.8) is 0 Å². The van der Waals surface area contributed by atoms with Crippen molar-refractivity contribution < 1.29 is 18.0 Å². The normalized spacial score (nSPS) is 13.1. The third-order valence-corrected chi connectivity index (χ3v) is 4.54. The van der Waals surface area contributed by atoms with E-state index in [0.717, 1.165) is 34.2 Å². The van der Waals surface area contributed by atoms with Gasteiger partial charge in [0, 0.05) is 37.1 Å². The largest absolute Gasteiger partial charge is 0.435 e. The summed E-state index contributed by atoms with van der Waals surface area (Å²) < 4.78 is 41.5. The van der Waals surface area contributed by atoms with E-state index in [1.807, 2.05) is 25.5 Å². The highest BCUT2D eigenvalue weighted by Crippen LogP contribution is 2.29. The summed E-state index contributed by atoms with van der Waals surface area (Å²) >= 11 is 0. The molecule has 2 heterocycles. The van der Waals surface area contributed by atoms with Crippen LogP contribution in [0, 0.1) is 20.8 Å². The van der Waals surface area contributed by atoms with Crippen molar-refractivity contribution in [2.45, 2.75) is 59.9 Å². The highest BCUT2D eigenvalue weighted by molar-refractivity contribution is 5.79. The molecule has 2 aromatic rings. The van der Waals surface area contributed by atoms with Gasteiger partial charge in [-0.1, -0.05) is 0 Å². The van der Waals surface area contributed by atoms with Gasteiger partial charge in [0.25, 0.3) is 0 Å². The third kappa shape index (κ3) is 3.76. The van der Waals surface area contributed by atoms with Crippen LogP contribution in [0.2, 0.25) is 0 Å². The highest BCUT2D eigenvalue weighted by Gasteiger charge is 2.35. The van der Waals surface area contributed by atoms with Crippen LogP contribution < -0.4 is 0 Å². The number of rotatable bonds is 5. The Morgan fingerprint density at radius 3 is 2.35 bits per heavy atom. The number of aryl methyl sites for hydroxylation is 3. The fraction of sp³-hybridized carbons (Fsp3) is 0.588. The maximum Gasteiger partial charge on any atom is 0.435 e. The van der Waals surface area contributed by atoms with Crippen LogP contribution in [0.25, 0.3) is 0 Å². The van der Waals surface area contributed by atoms with Crippen LogP contribution in [0.15, 0.2) is 6.07 Å². The van der Waals surface area contributed by atoms with E-state index in [1.165, 1.54) is 11.8 Å². The van der Waals surface area contributed by atoms with E-state index in [4.69, 9.17) is 0 Å². The van der Waals surface area contributed by atoms with Crippen LogP contribution in [0.5, 0.6) is 0 Å². The average molecular weight is 371 g/mol. The summed E-state index contributed by atoms with van der Waals surface area (Å²) in [5.74, 6) is -0.312. The summed E-state index contributed by atoms with van der Waals surface area (Å²) in [6.45, 7) is 9.93. The van der Waals surface area contributed by atoms with Crippen LogP contribution in [-0.2, 0) is 24.1 Å². The van der Waals surface area contributed by atoms with Gasteiger partial charge in [-0.15, -0.1) is 0 Å². The molecule has 1 atom stereocenters. The van der Waals surface area contributed by atoms with Gasteiger partial charge >= 0.3 is 6.18 Å². The zero-order valence-corrected chi connectivity index (χ0v) is 15.8. The molecule has 2 rings (SSSR count). The number of hydrogen-bond donors (Lipinski definition) is 0. The summed E-state index contributed by atoms with van der Waals surface area (Å²) in [7, 11) is 1.63. The molecule has 144 valence electrons. The van der Waals surface area contributed by atoms with E-state index in [9.17, 15) is 18.0 Å². The second-order valence-electron chi connectivity index (χ2n) is 6.45. The Labute approximate surface area is 150 Å². The SMILES string of the molecule is CCn1nc(C)c(CN(C)C(=O)C(C)n2nc(C(F)(F)F)cc2C)c1C. The molecule has 0 aliphatic heterocycles. The molecule has 0 fully saturated rings. The van der Waals surface area contributed by atoms with Gasteiger partial charge in [0.2, 0.25) is 5.91 Å². The van der Waals surface area contributed by atoms with Crippen LogP contribution >= 0.6 is 0 Å². The molecule has 0 radical (unpaired) electrons. The van der Waals surface area contributed by atoms with E-state index in [0.29, 0.717) is 6.54 Å². The lowest BCUT2D eigenvalue weighted by Crippen LogP contribution is -2.34. The predicted molar refractivity (Wildman–Crippen MR) is 90.5 cm³/mol. The van der Waals surface area contributed by atoms with Gasteiger partial charge in [-0.2, -0.15) is 23.4 Å². The Morgan fingerprint density at radius 2 is 1.88 bits per heavy atom. The van der Waals surface area contributed by atoms with E-state index < -0.39 is 17.9 Å². The van der Waals surface area contributed by atoms with Gasteiger partial charge in [0.15, 0.2) is 5.69 Å². The van der Waals surface area contributed by atoms with Gasteiger partial charge in [0.1, 0.15) is 6.04 Å². The first-order valence-corrected chi connectivity index (χ1v) is 8.38. The monoisotopic (exact) mass is 371 g/mol. The zero-order chi connectivity index (χ0) is 19.8. The molecule has 0 saturated heterocycles. The first kappa shape index (κ1) is 20.0. The molecule has 0 spiro atoms. The minimum Gasteiger partial charge on any atom is -0.339 e. The number of aromatic nitrogens is 4. The van der Waals surface area contributed by atoms with Gasteiger partial charge in [-0.05, 0) is 40.7 Å². The molecular weight excluding hydrogens is 347 g/mol. The Kier molecular flexibility index (Phi) is 5.48. The predicted octanol–water partition coefficient (Wildman–Crippen LogP) is 3.26. The van der Waals surface area contributed by atoms with Gasteiger partial charge in [0.05, 0.1) is 5.69 Å². The fourth-order valence-electron chi connectivity index (χ4n) is 3.03. The van der Waals surface area contributed by atoms with E-state index in [2.05, 4.69) is 10.2 Å². The number of alkyl halides is 3. The minimum absolute atomic E-state index is 0.290. The highest BCUT2D eigenvalue weighted by atomic mass is 19.4. The summed E-state index contributed by atoms with van der Waals surface area (Å²) in [5, 5.41) is 8.00. The molecule has 9 heteroatoms. The summed E-state index contributed by atoms with van der Waals surface area (Å²) in [6, 6.07) is 0.113.